The lowest BCUT2D eigenvalue weighted by Gasteiger charge is -2.16. The van der Waals surface area contributed by atoms with Gasteiger partial charge in [0, 0.05) is 18.7 Å². The van der Waals surface area contributed by atoms with Gasteiger partial charge < -0.3 is 19.5 Å². The normalized spacial score (nSPS) is 17.1. The molecule has 1 N–H and O–H groups in total. The van der Waals surface area contributed by atoms with Gasteiger partial charge in [0.25, 0.3) is 5.91 Å². The van der Waals surface area contributed by atoms with Crippen molar-refractivity contribution in [2.75, 3.05) is 26.9 Å². The maximum absolute atomic E-state index is 13.0. The zero-order valence-corrected chi connectivity index (χ0v) is 16.3. The summed E-state index contributed by atoms with van der Waals surface area (Å²) in [7, 11) is 1.35. The lowest BCUT2D eigenvalue weighted by molar-refractivity contribution is -0.168. The quantitative estimate of drug-likeness (QED) is 0.350. The Morgan fingerprint density at radius 2 is 2.23 bits per heavy atom. The van der Waals surface area contributed by atoms with Crippen molar-refractivity contribution in [2.24, 2.45) is 0 Å². The highest BCUT2D eigenvalue weighted by atomic mass is 19.3. The maximum atomic E-state index is 13.0. The number of rotatable bonds is 10. The van der Waals surface area contributed by atoms with Crippen molar-refractivity contribution in [3.8, 4) is 11.8 Å². The van der Waals surface area contributed by atoms with Crippen LogP contribution in [0.3, 0.4) is 0 Å². The number of nitriles is 1. The Bertz CT molecular complexity index is 802. The summed E-state index contributed by atoms with van der Waals surface area (Å²) >= 11 is 0. The first-order valence-electron chi connectivity index (χ1n) is 9.19. The Balaban J connectivity index is 2.07. The van der Waals surface area contributed by atoms with Crippen LogP contribution in [0.1, 0.15) is 24.0 Å². The summed E-state index contributed by atoms with van der Waals surface area (Å²) in [6, 6.07) is 6.33. The summed E-state index contributed by atoms with van der Waals surface area (Å²) in [5.74, 6) is -4.55. The number of carbonyl (C=O) groups is 1. The molecule has 1 aliphatic rings. The summed E-state index contributed by atoms with van der Waals surface area (Å²) < 4.78 is 65.7. The third-order valence-electron chi connectivity index (χ3n) is 4.37. The monoisotopic (exact) mass is 430 g/mol. The Kier molecular flexibility index (Phi) is 8.62. The molecule has 10 heteroatoms. The van der Waals surface area contributed by atoms with Gasteiger partial charge in [-0.3, -0.25) is 4.79 Å². The largest absolute Gasteiger partial charge is 0.496 e. The van der Waals surface area contributed by atoms with Crippen molar-refractivity contribution in [3.05, 3.63) is 34.9 Å². The summed E-state index contributed by atoms with van der Waals surface area (Å²) in [5.41, 5.74) is 0.557. The lowest BCUT2D eigenvalue weighted by Crippen LogP contribution is -2.32. The minimum Gasteiger partial charge on any atom is -0.496 e. The van der Waals surface area contributed by atoms with Crippen molar-refractivity contribution >= 4 is 12.0 Å². The fourth-order valence-electron chi connectivity index (χ4n) is 2.78. The van der Waals surface area contributed by atoms with Gasteiger partial charge in [0.1, 0.15) is 24.0 Å². The van der Waals surface area contributed by atoms with E-state index < -0.39 is 31.5 Å². The number of hydrogen-bond donors (Lipinski definition) is 1. The molecule has 2 rings (SSSR count). The zero-order chi connectivity index (χ0) is 22.1. The van der Waals surface area contributed by atoms with Gasteiger partial charge in [0.05, 0.1) is 19.8 Å². The van der Waals surface area contributed by atoms with Gasteiger partial charge in [-0.25, -0.2) is 8.78 Å². The molecule has 1 aromatic carbocycles. The van der Waals surface area contributed by atoms with E-state index >= 15 is 0 Å². The van der Waals surface area contributed by atoms with E-state index in [4.69, 9.17) is 14.2 Å². The van der Waals surface area contributed by atoms with E-state index in [2.05, 4.69) is 5.32 Å². The number of hydrogen-bond acceptors (Lipinski definition) is 5. The molecule has 0 aromatic heterocycles. The molecule has 1 fully saturated rings. The number of carbonyl (C=O) groups excluding carboxylic acids is 1. The minimum atomic E-state index is -4.26. The molecule has 0 bridgehead atoms. The molecular formula is C20H22F4N2O4. The summed E-state index contributed by atoms with van der Waals surface area (Å²) in [6.45, 7) is -0.942. The van der Waals surface area contributed by atoms with E-state index in [1.165, 1.54) is 25.3 Å². The van der Waals surface area contributed by atoms with Crippen molar-refractivity contribution in [1.82, 2.24) is 5.32 Å². The first-order valence-corrected chi connectivity index (χ1v) is 9.19. The molecule has 30 heavy (non-hydrogen) atoms. The summed E-state index contributed by atoms with van der Waals surface area (Å²) in [6.07, 6.45) is -0.841. The van der Waals surface area contributed by atoms with Crippen LogP contribution in [0.4, 0.5) is 17.6 Å². The SMILES string of the molecule is COc1ccc(/C=C(/C#N)C(=O)NC[C@@H]2CCCO2)cc1COCC(F)(F)C(F)F. The summed E-state index contributed by atoms with van der Waals surface area (Å²) in [4.78, 5) is 12.2. The van der Waals surface area contributed by atoms with Crippen molar-refractivity contribution in [1.29, 1.82) is 5.26 Å². The second-order valence-electron chi connectivity index (χ2n) is 6.64. The van der Waals surface area contributed by atoms with Crippen LogP contribution >= 0.6 is 0 Å². The first-order chi connectivity index (χ1) is 14.3. The van der Waals surface area contributed by atoms with E-state index in [-0.39, 0.29) is 24.0 Å². The van der Waals surface area contributed by atoms with Crippen LogP contribution in [0, 0.1) is 11.3 Å². The average molecular weight is 430 g/mol. The van der Waals surface area contributed by atoms with E-state index in [1.54, 1.807) is 6.07 Å². The number of amides is 1. The number of methoxy groups -OCH3 is 1. The van der Waals surface area contributed by atoms with Crippen LogP contribution in [0.2, 0.25) is 0 Å². The molecular weight excluding hydrogens is 408 g/mol. The van der Waals surface area contributed by atoms with E-state index in [9.17, 15) is 27.6 Å². The zero-order valence-electron chi connectivity index (χ0n) is 16.3. The first kappa shape index (κ1) is 23.6. The third-order valence-corrected chi connectivity index (χ3v) is 4.37. The van der Waals surface area contributed by atoms with Crippen LogP contribution in [0.25, 0.3) is 6.08 Å². The molecule has 6 nitrogen and oxygen atoms in total. The molecule has 1 saturated heterocycles. The molecule has 1 aliphatic heterocycles. The average Bonchev–Trinajstić information content (AvgIpc) is 3.23. The molecule has 0 aliphatic carbocycles. The van der Waals surface area contributed by atoms with Crippen LogP contribution < -0.4 is 10.1 Å². The highest BCUT2D eigenvalue weighted by molar-refractivity contribution is 6.01. The van der Waals surface area contributed by atoms with Crippen molar-refractivity contribution < 1.29 is 36.6 Å². The Hall–Kier alpha value is -2.64. The van der Waals surface area contributed by atoms with Gasteiger partial charge in [0.15, 0.2) is 0 Å². The van der Waals surface area contributed by atoms with Crippen LogP contribution in [-0.2, 0) is 20.9 Å². The number of nitrogens with zero attached hydrogens (tertiary/aromatic N) is 1. The smallest absolute Gasteiger partial charge is 0.330 e. The fraction of sp³-hybridized carbons (Fsp3) is 0.500. The Morgan fingerprint density at radius 3 is 2.83 bits per heavy atom. The fourth-order valence-corrected chi connectivity index (χ4v) is 2.78. The number of nitrogens with one attached hydrogen (secondary N) is 1. The van der Waals surface area contributed by atoms with Crippen LogP contribution in [0.5, 0.6) is 5.75 Å². The second kappa shape index (κ2) is 10.9. The third kappa shape index (κ3) is 6.71. The molecule has 1 aromatic rings. The molecule has 0 saturated carbocycles. The van der Waals surface area contributed by atoms with Crippen molar-refractivity contribution in [3.63, 3.8) is 0 Å². The van der Waals surface area contributed by atoms with Crippen molar-refractivity contribution in [2.45, 2.75) is 37.9 Å². The predicted octanol–water partition coefficient (Wildman–Crippen LogP) is 3.31. The predicted molar refractivity (Wildman–Crippen MR) is 99.2 cm³/mol. The molecule has 0 radical (unpaired) electrons. The number of alkyl halides is 4. The Morgan fingerprint density at radius 1 is 1.47 bits per heavy atom. The van der Waals surface area contributed by atoms with Gasteiger partial charge in [-0.1, -0.05) is 6.07 Å². The highest BCUT2D eigenvalue weighted by Gasteiger charge is 2.41. The topological polar surface area (TPSA) is 80.6 Å². The maximum Gasteiger partial charge on any atom is 0.330 e. The molecule has 1 atom stereocenters. The number of halogens is 4. The van der Waals surface area contributed by atoms with Gasteiger partial charge in [-0.2, -0.15) is 14.0 Å². The van der Waals surface area contributed by atoms with Gasteiger partial charge in [0.2, 0.25) is 0 Å². The minimum absolute atomic E-state index is 0.0787. The second-order valence-corrected chi connectivity index (χ2v) is 6.64. The standard InChI is InChI=1S/C20H22F4N2O4/c1-28-17-5-4-13(8-15(17)11-29-12-20(23,24)19(21)22)7-14(9-25)18(27)26-10-16-3-2-6-30-16/h4-5,7-8,16,19H,2-3,6,10-12H2,1H3,(H,26,27)/b14-7-/t16-/m0/s1. The summed E-state index contributed by atoms with van der Waals surface area (Å²) in [5, 5.41) is 11.9. The lowest BCUT2D eigenvalue weighted by atomic mass is 10.1. The molecule has 1 heterocycles. The Labute approximate surface area is 171 Å². The number of ether oxygens (including phenoxy) is 3. The van der Waals surface area contributed by atoms with Gasteiger partial charge in [-0.05, 0) is 36.6 Å². The molecule has 0 spiro atoms. The number of benzene rings is 1. The molecule has 1 amide bonds. The molecule has 164 valence electrons. The highest BCUT2D eigenvalue weighted by Crippen LogP contribution is 2.26. The van der Waals surface area contributed by atoms with E-state index in [0.29, 0.717) is 17.7 Å². The van der Waals surface area contributed by atoms with E-state index in [0.717, 1.165) is 12.8 Å². The van der Waals surface area contributed by atoms with Crippen LogP contribution in [-0.4, -0.2) is 51.2 Å². The van der Waals surface area contributed by atoms with Gasteiger partial charge in [-0.15, -0.1) is 0 Å². The van der Waals surface area contributed by atoms with Crippen LogP contribution in [0.15, 0.2) is 23.8 Å². The van der Waals surface area contributed by atoms with E-state index in [1.807, 2.05) is 6.07 Å². The van der Waals surface area contributed by atoms with Gasteiger partial charge >= 0.3 is 12.3 Å². The molecule has 0 unspecified atom stereocenters.